The number of nitrogens with zero attached hydrogens (tertiary/aromatic N) is 1. The first kappa shape index (κ1) is 12.6. The highest BCUT2D eigenvalue weighted by Gasteiger charge is 2.26. The van der Waals surface area contributed by atoms with Crippen molar-refractivity contribution in [2.45, 2.75) is 58.0 Å². The van der Waals surface area contributed by atoms with Crippen LogP contribution < -0.4 is 0 Å². The highest BCUT2D eigenvalue weighted by Crippen LogP contribution is 2.30. The fraction of sp³-hybridized carbons (Fsp3) is 0.625. The van der Waals surface area contributed by atoms with Gasteiger partial charge in [-0.3, -0.25) is 4.90 Å². The number of likely N-dealkylation sites (tertiary alicyclic amines) is 1. The fourth-order valence-corrected chi connectivity index (χ4v) is 3.10. The van der Waals surface area contributed by atoms with Crippen LogP contribution in [0.25, 0.3) is 0 Å². The maximum Gasteiger partial charge on any atom is 0.0322 e. The van der Waals surface area contributed by atoms with Gasteiger partial charge in [-0.2, -0.15) is 0 Å². The molecule has 1 heteroatoms. The van der Waals surface area contributed by atoms with Crippen molar-refractivity contribution >= 4 is 0 Å². The average Bonchev–Trinajstić information content (AvgIpc) is 2.40. The molecule has 1 aromatic carbocycles. The molecule has 1 saturated heterocycles. The predicted octanol–water partition coefficient (Wildman–Crippen LogP) is 4.40. The first-order chi connectivity index (χ1) is 8.33. The summed E-state index contributed by atoms with van der Waals surface area (Å²) in [6.07, 6.45) is 6.85. The Labute approximate surface area is 106 Å². The summed E-state index contributed by atoms with van der Waals surface area (Å²) in [5.41, 5.74) is 1.47. The van der Waals surface area contributed by atoms with Crippen LogP contribution >= 0.6 is 0 Å². The second kappa shape index (κ2) is 6.20. The van der Waals surface area contributed by atoms with Gasteiger partial charge in [0, 0.05) is 12.1 Å². The van der Waals surface area contributed by atoms with Gasteiger partial charge in [-0.1, -0.05) is 50.1 Å². The van der Waals surface area contributed by atoms with Crippen LogP contribution in [0.3, 0.4) is 0 Å². The Kier molecular flexibility index (Phi) is 4.61. The SMILES string of the molecule is CCC[C@@H]1CCCCN1[C@H](C)c1ccccc1. The molecule has 0 unspecified atom stereocenters. The van der Waals surface area contributed by atoms with Crippen LogP contribution in [-0.4, -0.2) is 17.5 Å². The van der Waals surface area contributed by atoms with Gasteiger partial charge >= 0.3 is 0 Å². The van der Waals surface area contributed by atoms with E-state index in [0.29, 0.717) is 6.04 Å². The minimum atomic E-state index is 0.577. The first-order valence-electron chi connectivity index (χ1n) is 7.13. The molecule has 2 atom stereocenters. The van der Waals surface area contributed by atoms with Gasteiger partial charge in [0.1, 0.15) is 0 Å². The summed E-state index contributed by atoms with van der Waals surface area (Å²) in [4.78, 5) is 2.72. The summed E-state index contributed by atoms with van der Waals surface area (Å²) in [6, 6.07) is 12.3. The van der Waals surface area contributed by atoms with E-state index in [-0.39, 0.29) is 0 Å². The van der Waals surface area contributed by atoms with Crippen molar-refractivity contribution in [3.8, 4) is 0 Å². The van der Waals surface area contributed by atoms with E-state index >= 15 is 0 Å². The van der Waals surface area contributed by atoms with Gasteiger partial charge < -0.3 is 0 Å². The quantitative estimate of drug-likeness (QED) is 0.742. The van der Waals surface area contributed by atoms with E-state index in [9.17, 15) is 0 Å². The van der Waals surface area contributed by atoms with E-state index in [1.54, 1.807) is 0 Å². The maximum atomic E-state index is 2.72. The summed E-state index contributed by atoms with van der Waals surface area (Å²) >= 11 is 0. The minimum Gasteiger partial charge on any atom is -0.294 e. The Hall–Kier alpha value is -0.820. The predicted molar refractivity (Wildman–Crippen MR) is 74.1 cm³/mol. The summed E-state index contributed by atoms with van der Waals surface area (Å²) in [7, 11) is 0. The molecule has 0 amide bonds. The molecule has 0 radical (unpaired) electrons. The van der Waals surface area contributed by atoms with Crippen molar-refractivity contribution in [1.29, 1.82) is 0 Å². The molecule has 17 heavy (non-hydrogen) atoms. The van der Waals surface area contributed by atoms with Crippen LogP contribution in [0.15, 0.2) is 30.3 Å². The highest BCUT2D eigenvalue weighted by molar-refractivity contribution is 5.18. The molecule has 0 aromatic heterocycles. The number of benzene rings is 1. The van der Waals surface area contributed by atoms with E-state index in [2.05, 4.69) is 49.1 Å². The van der Waals surface area contributed by atoms with Gasteiger partial charge in [-0.05, 0) is 38.3 Å². The number of rotatable bonds is 4. The lowest BCUT2D eigenvalue weighted by atomic mass is 9.94. The van der Waals surface area contributed by atoms with E-state index in [1.807, 2.05) is 0 Å². The van der Waals surface area contributed by atoms with Crippen molar-refractivity contribution in [3.63, 3.8) is 0 Å². The molecule has 0 N–H and O–H groups in total. The van der Waals surface area contributed by atoms with E-state index in [1.165, 1.54) is 44.2 Å². The Balaban J connectivity index is 2.08. The van der Waals surface area contributed by atoms with Gasteiger partial charge in [-0.15, -0.1) is 0 Å². The zero-order valence-electron chi connectivity index (χ0n) is 11.2. The Bertz CT molecular complexity index is 318. The van der Waals surface area contributed by atoms with E-state index in [0.717, 1.165) is 6.04 Å². The third kappa shape index (κ3) is 3.10. The third-order valence-corrected chi connectivity index (χ3v) is 4.07. The normalized spacial score (nSPS) is 23.5. The lowest BCUT2D eigenvalue weighted by Crippen LogP contribution is -2.41. The van der Waals surface area contributed by atoms with Gasteiger partial charge in [0.25, 0.3) is 0 Å². The first-order valence-corrected chi connectivity index (χ1v) is 7.13. The summed E-state index contributed by atoms with van der Waals surface area (Å²) < 4.78 is 0. The summed E-state index contributed by atoms with van der Waals surface area (Å²) in [5, 5.41) is 0. The van der Waals surface area contributed by atoms with Crippen molar-refractivity contribution < 1.29 is 0 Å². The van der Waals surface area contributed by atoms with Gasteiger partial charge in [0.2, 0.25) is 0 Å². The van der Waals surface area contributed by atoms with Crippen molar-refractivity contribution in [2.24, 2.45) is 0 Å². The monoisotopic (exact) mass is 231 g/mol. The molecule has 2 rings (SSSR count). The molecular formula is C16H25N. The van der Waals surface area contributed by atoms with E-state index < -0.39 is 0 Å². The van der Waals surface area contributed by atoms with Crippen LogP contribution in [-0.2, 0) is 0 Å². The number of hydrogen-bond donors (Lipinski definition) is 0. The Morgan fingerprint density at radius 1 is 1.24 bits per heavy atom. The third-order valence-electron chi connectivity index (χ3n) is 4.07. The highest BCUT2D eigenvalue weighted by atomic mass is 15.2. The molecule has 1 nitrogen and oxygen atoms in total. The minimum absolute atomic E-state index is 0.577. The zero-order valence-corrected chi connectivity index (χ0v) is 11.2. The molecule has 0 spiro atoms. The molecule has 1 fully saturated rings. The average molecular weight is 231 g/mol. The molecule has 0 aliphatic carbocycles. The summed E-state index contributed by atoms with van der Waals surface area (Å²) in [5.74, 6) is 0. The largest absolute Gasteiger partial charge is 0.294 e. The molecule has 94 valence electrons. The lowest BCUT2D eigenvalue weighted by Gasteiger charge is -2.40. The fourth-order valence-electron chi connectivity index (χ4n) is 3.10. The molecule has 0 saturated carbocycles. The van der Waals surface area contributed by atoms with Crippen LogP contribution in [0, 0.1) is 0 Å². The van der Waals surface area contributed by atoms with Gasteiger partial charge in [-0.25, -0.2) is 0 Å². The smallest absolute Gasteiger partial charge is 0.0322 e. The lowest BCUT2D eigenvalue weighted by molar-refractivity contribution is 0.0963. The molecular weight excluding hydrogens is 206 g/mol. The topological polar surface area (TPSA) is 3.24 Å². The van der Waals surface area contributed by atoms with Crippen LogP contribution in [0.2, 0.25) is 0 Å². The Morgan fingerprint density at radius 3 is 2.71 bits per heavy atom. The molecule has 1 aliphatic heterocycles. The van der Waals surface area contributed by atoms with Crippen molar-refractivity contribution in [2.75, 3.05) is 6.54 Å². The second-order valence-corrected chi connectivity index (χ2v) is 5.26. The van der Waals surface area contributed by atoms with Crippen LogP contribution in [0.4, 0.5) is 0 Å². The molecule has 1 aliphatic rings. The van der Waals surface area contributed by atoms with Crippen LogP contribution in [0.1, 0.15) is 57.6 Å². The standard InChI is InChI=1S/C16H25N/c1-3-9-16-12-7-8-13-17(16)14(2)15-10-5-4-6-11-15/h4-6,10-11,14,16H,3,7-9,12-13H2,1-2H3/t14-,16-/m1/s1. The molecule has 1 aromatic rings. The van der Waals surface area contributed by atoms with E-state index in [4.69, 9.17) is 0 Å². The van der Waals surface area contributed by atoms with Gasteiger partial charge in [0.05, 0.1) is 0 Å². The number of hydrogen-bond acceptors (Lipinski definition) is 1. The molecule has 1 heterocycles. The Morgan fingerprint density at radius 2 is 2.00 bits per heavy atom. The summed E-state index contributed by atoms with van der Waals surface area (Å²) in [6.45, 7) is 5.95. The maximum absolute atomic E-state index is 2.72. The van der Waals surface area contributed by atoms with Crippen molar-refractivity contribution in [3.05, 3.63) is 35.9 Å². The molecule has 0 bridgehead atoms. The van der Waals surface area contributed by atoms with Gasteiger partial charge in [0.15, 0.2) is 0 Å². The van der Waals surface area contributed by atoms with Crippen LogP contribution in [0.5, 0.6) is 0 Å². The van der Waals surface area contributed by atoms with Crippen molar-refractivity contribution in [1.82, 2.24) is 4.90 Å². The second-order valence-electron chi connectivity index (χ2n) is 5.26. The zero-order chi connectivity index (χ0) is 12.1. The number of piperidine rings is 1.